The maximum atomic E-state index is 11.9. The predicted octanol–water partition coefficient (Wildman–Crippen LogP) is 3.64. The second kappa shape index (κ2) is 9.37. The minimum atomic E-state index is -0.215. The highest BCUT2D eigenvalue weighted by Crippen LogP contribution is 2.21. The van der Waals surface area contributed by atoms with Crippen molar-refractivity contribution in [1.82, 2.24) is 14.9 Å². The number of nitrogens with one attached hydrogen (secondary N) is 1. The fourth-order valence-corrected chi connectivity index (χ4v) is 3.26. The molecule has 3 rings (SSSR count). The lowest BCUT2D eigenvalue weighted by Crippen LogP contribution is -2.31. The molecular weight excluding hydrogens is 354 g/mol. The summed E-state index contributed by atoms with van der Waals surface area (Å²) >= 11 is 0. The fourth-order valence-electron chi connectivity index (χ4n) is 3.26. The number of hydrogen-bond donors (Lipinski definition) is 1. The number of fused-ring (bicyclic) bond motifs is 1. The second-order valence-electron chi connectivity index (χ2n) is 6.85. The van der Waals surface area contributed by atoms with Gasteiger partial charge < -0.3 is 19.4 Å². The van der Waals surface area contributed by atoms with E-state index in [4.69, 9.17) is 14.5 Å². The van der Waals surface area contributed by atoms with Crippen LogP contribution in [0.5, 0.6) is 5.75 Å². The number of hydrogen-bond acceptors (Lipinski definition) is 4. The Bertz CT molecular complexity index is 936. The van der Waals surface area contributed by atoms with Gasteiger partial charge in [-0.2, -0.15) is 0 Å². The van der Waals surface area contributed by atoms with Gasteiger partial charge in [-0.25, -0.2) is 4.98 Å². The predicted molar refractivity (Wildman–Crippen MR) is 109 cm³/mol. The molecule has 148 valence electrons. The number of nitrogens with zero attached hydrogens (tertiary/aromatic N) is 2. The van der Waals surface area contributed by atoms with E-state index in [0.29, 0.717) is 6.61 Å². The molecule has 0 fully saturated rings. The zero-order valence-corrected chi connectivity index (χ0v) is 16.6. The number of para-hydroxylation sites is 2. The van der Waals surface area contributed by atoms with Gasteiger partial charge in [0.15, 0.2) is 0 Å². The molecule has 6 heteroatoms. The van der Waals surface area contributed by atoms with Crippen LogP contribution in [0.2, 0.25) is 0 Å². The third-order valence-corrected chi connectivity index (χ3v) is 4.51. The molecule has 1 heterocycles. The van der Waals surface area contributed by atoms with Crippen molar-refractivity contribution in [2.75, 3.05) is 20.3 Å². The molecule has 1 atom stereocenters. The lowest BCUT2D eigenvalue weighted by Gasteiger charge is -2.16. The second-order valence-corrected chi connectivity index (χ2v) is 6.85. The molecule has 6 nitrogen and oxygen atoms in total. The zero-order valence-electron chi connectivity index (χ0n) is 16.6. The van der Waals surface area contributed by atoms with Gasteiger partial charge in [0.2, 0.25) is 5.91 Å². The number of aryl methyl sites for hydroxylation is 2. The first-order valence-electron chi connectivity index (χ1n) is 9.51. The molecule has 0 aliphatic carbocycles. The topological polar surface area (TPSA) is 65.4 Å². The van der Waals surface area contributed by atoms with Crippen molar-refractivity contribution in [3.8, 4) is 5.75 Å². The highest BCUT2D eigenvalue weighted by Gasteiger charge is 2.18. The third-order valence-electron chi connectivity index (χ3n) is 4.51. The van der Waals surface area contributed by atoms with E-state index in [1.54, 1.807) is 0 Å². The average molecular weight is 381 g/mol. The summed E-state index contributed by atoms with van der Waals surface area (Å²) in [6.45, 7) is 5.39. The van der Waals surface area contributed by atoms with Gasteiger partial charge in [0.05, 0.1) is 23.7 Å². The monoisotopic (exact) mass is 381 g/mol. The van der Waals surface area contributed by atoms with Crippen molar-refractivity contribution in [3.63, 3.8) is 0 Å². The molecule has 1 amide bonds. The quantitative estimate of drug-likeness (QED) is 0.575. The van der Waals surface area contributed by atoms with Crippen LogP contribution in [-0.2, 0) is 16.1 Å². The number of aromatic nitrogens is 2. The summed E-state index contributed by atoms with van der Waals surface area (Å²) in [5.74, 6) is 1.56. The number of methoxy groups -OCH3 is 1. The average Bonchev–Trinajstić information content (AvgIpc) is 3.04. The van der Waals surface area contributed by atoms with Crippen molar-refractivity contribution >= 4 is 16.9 Å². The van der Waals surface area contributed by atoms with Crippen LogP contribution < -0.4 is 10.1 Å². The molecule has 3 aromatic rings. The van der Waals surface area contributed by atoms with E-state index in [9.17, 15) is 4.79 Å². The van der Waals surface area contributed by atoms with Gasteiger partial charge >= 0.3 is 0 Å². The Morgan fingerprint density at radius 2 is 2.04 bits per heavy atom. The number of carbonyl (C=O) groups is 1. The van der Waals surface area contributed by atoms with Crippen LogP contribution in [0, 0.1) is 6.92 Å². The van der Waals surface area contributed by atoms with Crippen molar-refractivity contribution in [2.45, 2.75) is 32.9 Å². The molecule has 1 aromatic heterocycles. The largest absolute Gasteiger partial charge is 0.494 e. The van der Waals surface area contributed by atoms with Crippen LogP contribution >= 0.6 is 0 Å². The smallest absolute Gasteiger partial charge is 0.246 e. The van der Waals surface area contributed by atoms with E-state index in [2.05, 4.69) is 28.9 Å². The summed E-state index contributed by atoms with van der Waals surface area (Å²) < 4.78 is 12.9. The third kappa shape index (κ3) is 4.89. The standard InChI is InChI=1S/C22H27N3O3/c1-16-8-6-9-18(14-16)28-13-7-12-25-20-11-5-4-10-19(20)24-22(25)17(2)23-21(26)15-27-3/h4-6,8-11,14,17H,7,12-13,15H2,1-3H3,(H,23,26). The fraction of sp³-hybridized carbons (Fsp3) is 0.364. The summed E-state index contributed by atoms with van der Waals surface area (Å²) in [5.41, 5.74) is 3.16. The van der Waals surface area contributed by atoms with Crippen molar-refractivity contribution in [1.29, 1.82) is 0 Å². The van der Waals surface area contributed by atoms with Gasteiger partial charge in [-0.1, -0.05) is 24.3 Å². The Morgan fingerprint density at radius 1 is 1.21 bits per heavy atom. The van der Waals surface area contributed by atoms with Crippen molar-refractivity contribution in [2.24, 2.45) is 0 Å². The number of carbonyl (C=O) groups excluding carboxylic acids is 1. The Labute approximate surface area is 165 Å². The van der Waals surface area contributed by atoms with Gasteiger partial charge in [0.1, 0.15) is 18.2 Å². The Morgan fingerprint density at radius 3 is 2.82 bits per heavy atom. The van der Waals surface area contributed by atoms with Gasteiger partial charge in [-0.15, -0.1) is 0 Å². The Kier molecular flexibility index (Phi) is 6.66. The Balaban J connectivity index is 1.70. The molecule has 1 unspecified atom stereocenters. The Hall–Kier alpha value is -2.86. The first-order chi connectivity index (χ1) is 13.6. The summed E-state index contributed by atoms with van der Waals surface area (Å²) in [7, 11) is 1.51. The number of imidazole rings is 1. The number of rotatable bonds is 9. The van der Waals surface area contributed by atoms with Crippen molar-refractivity contribution in [3.05, 3.63) is 59.9 Å². The molecule has 0 bridgehead atoms. The zero-order chi connectivity index (χ0) is 19.9. The molecule has 28 heavy (non-hydrogen) atoms. The first kappa shape index (κ1) is 19.9. The summed E-state index contributed by atoms with van der Waals surface area (Å²) in [6.07, 6.45) is 0.833. The van der Waals surface area contributed by atoms with Crippen molar-refractivity contribution < 1.29 is 14.3 Å². The molecular formula is C22H27N3O3. The minimum Gasteiger partial charge on any atom is -0.494 e. The molecule has 0 radical (unpaired) electrons. The SMILES string of the molecule is COCC(=O)NC(C)c1nc2ccccc2n1CCCOc1cccc(C)c1. The lowest BCUT2D eigenvalue weighted by atomic mass is 10.2. The maximum Gasteiger partial charge on any atom is 0.246 e. The number of ether oxygens (including phenoxy) is 2. The normalized spacial score (nSPS) is 12.1. The van der Waals surface area contributed by atoms with E-state index in [1.165, 1.54) is 12.7 Å². The molecule has 0 aliphatic rings. The van der Waals surface area contributed by atoms with Crippen LogP contribution in [0.3, 0.4) is 0 Å². The van der Waals surface area contributed by atoms with Gasteiger partial charge in [0, 0.05) is 13.7 Å². The number of benzene rings is 2. The number of amides is 1. The summed E-state index contributed by atoms with van der Waals surface area (Å²) in [6, 6.07) is 15.9. The highest BCUT2D eigenvalue weighted by molar-refractivity contribution is 5.78. The molecule has 0 saturated heterocycles. The van der Waals surface area contributed by atoms with Crippen LogP contribution in [-0.4, -0.2) is 35.8 Å². The van der Waals surface area contributed by atoms with Gasteiger partial charge in [-0.05, 0) is 50.1 Å². The minimum absolute atomic E-state index is 0.0366. The van der Waals surface area contributed by atoms with Crippen LogP contribution in [0.1, 0.15) is 30.8 Å². The van der Waals surface area contributed by atoms with E-state index in [-0.39, 0.29) is 18.6 Å². The summed E-state index contributed by atoms with van der Waals surface area (Å²) in [5, 5.41) is 2.94. The van der Waals surface area contributed by atoms with Gasteiger partial charge in [0.25, 0.3) is 0 Å². The van der Waals surface area contributed by atoms with Crippen LogP contribution in [0.4, 0.5) is 0 Å². The van der Waals surface area contributed by atoms with E-state index < -0.39 is 0 Å². The molecule has 2 aromatic carbocycles. The molecule has 0 spiro atoms. The molecule has 1 N–H and O–H groups in total. The van der Waals surface area contributed by atoms with Crippen LogP contribution in [0.25, 0.3) is 11.0 Å². The van der Waals surface area contributed by atoms with E-state index in [0.717, 1.165) is 35.6 Å². The molecule has 0 aliphatic heterocycles. The lowest BCUT2D eigenvalue weighted by molar-refractivity contribution is -0.125. The van der Waals surface area contributed by atoms with Gasteiger partial charge in [-0.3, -0.25) is 4.79 Å². The van der Waals surface area contributed by atoms with E-state index >= 15 is 0 Å². The maximum absolute atomic E-state index is 11.9. The molecule has 0 saturated carbocycles. The highest BCUT2D eigenvalue weighted by atomic mass is 16.5. The van der Waals surface area contributed by atoms with E-state index in [1.807, 2.05) is 43.3 Å². The van der Waals surface area contributed by atoms with Crippen LogP contribution in [0.15, 0.2) is 48.5 Å². The summed E-state index contributed by atoms with van der Waals surface area (Å²) in [4.78, 5) is 16.6. The first-order valence-corrected chi connectivity index (χ1v) is 9.51.